The molecular formula is C14H23N3. The lowest BCUT2D eigenvalue weighted by atomic mass is 9.49. The molecule has 0 saturated heterocycles. The Morgan fingerprint density at radius 2 is 1.59 bits per heavy atom. The van der Waals surface area contributed by atoms with Crippen LogP contribution in [0.4, 0.5) is 0 Å². The summed E-state index contributed by atoms with van der Waals surface area (Å²) >= 11 is 0. The third-order valence-electron chi connectivity index (χ3n) is 5.89. The first-order valence-electron chi connectivity index (χ1n) is 7.33. The van der Waals surface area contributed by atoms with Crippen LogP contribution in [0.1, 0.15) is 32.1 Å². The van der Waals surface area contributed by atoms with E-state index in [-0.39, 0.29) is 0 Å². The number of rotatable bonds is 1. The Balaban J connectivity index is 1.55. The van der Waals surface area contributed by atoms with Gasteiger partial charge in [-0.3, -0.25) is 4.99 Å². The summed E-state index contributed by atoms with van der Waals surface area (Å²) in [6.45, 7) is 2.05. The lowest BCUT2D eigenvalue weighted by Crippen LogP contribution is -2.52. The molecule has 3 heteroatoms. The van der Waals surface area contributed by atoms with Gasteiger partial charge in [-0.05, 0) is 67.6 Å². The second-order valence-corrected chi connectivity index (χ2v) is 6.87. The van der Waals surface area contributed by atoms with E-state index < -0.39 is 0 Å². The number of nitrogens with one attached hydrogen (secondary N) is 1. The van der Waals surface area contributed by atoms with E-state index >= 15 is 0 Å². The molecule has 5 rings (SSSR count). The number of hydrogen-bond donors (Lipinski definition) is 2. The minimum atomic E-state index is 0.657. The van der Waals surface area contributed by atoms with E-state index in [4.69, 9.17) is 5.73 Å². The fourth-order valence-corrected chi connectivity index (χ4v) is 5.57. The van der Waals surface area contributed by atoms with E-state index in [0.717, 1.165) is 48.6 Å². The molecule has 0 aromatic rings. The van der Waals surface area contributed by atoms with E-state index in [0.29, 0.717) is 5.96 Å². The van der Waals surface area contributed by atoms with Crippen LogP contribution in [-0.4, -0.2) is 19.0 Å². The molecule has 94 valence electrons. The SMILES string of the molecule is NC1=NCC(C2C3CC4CC(C3)CC2C4)CN1. The van der Waals surface area contributed by atoms with E-state index in [1.165, 1.54) is 25.7 Å². The van der Waals surface area contributed by atoms with Crippen LogP contribution in [0.2, 0.25) is 0 Å². The fraction of sp³-hybridized carbons (Fsp3) is 0.929. The monoisotopic (exact) mass is 233 g/mol. The van der Waals surface area contributed by atoms with E-state index in [2.05, 4.69) is 10.3 Å². The maximum Gasteiger partial charge on any atom is 0.188 e. The van der Waals surface area contributed by atoms with Crippen molar-refractivity contribution in [2.24, 2.45) is 46.2 Å². The Morgan fingerprint density at radius 3 is 2.12 bits per heavy atom. The van der Waals surface area contributed by atoms with Crippen LogP contribution >= 0.6 is 0 Å². The van der Waals surface area contributed by atoms with Crippen molar-refractivity contribution in [3.63, 3.8) is 0 Å². The predicted octanol–water partition coefficient (Wildman–Crippen LogP) is 1.59. The molecule has 4 fully saturated rings. The molecule has 4 bridgehead atoms. The van der Waals surface area contributed by atoms with E-state index in [9.17, 15) is 0 Å². The number of aliphatic imine (C=N–C) groups is 1. The van der Waals surface area contributed by atoms with Crippen LogP contribution in [0, 0.1) is 35.5 Å². The van der Waals surface area contributed by atoms with Crippen LogP contribution in [0.25, 0.3) is 0 Å². The first-order valence-corrected chi connectivity index (χ1v) is 7.33. The lowest BCUT2D eigenvalue weighted by molar-refractivity contribution is -0.0596. The van der Waals surface area contributed by atoms with Crippen molar-refractivity contribution in [3.8, 4) is 0 Å². The zero-order valence-electron chi connectivity index (χ0n) is 10.4. The quantitative estimate of drug-likeness (QED) is 0.722. The minimum Gasteiger partial charge on any atom is -0.370 e. The van der Waals surface area contributed by atoms with Crippen molar-refractivity contribution >= 4 is 5.96 Å². The molecule has 0 spiro atoms. The van der Waals surface area contributed by atoms with Crippen LogP contribution in [-0.2, 0) is 0 Å². The topological polar surface area (TPSA) is 50.4 Å². The highest BCUT2D eigenvalue weighted by atomic mass is 15.1. The molecule has 1 atom stereocenters. The molecule has 5 aliphatic rings. The van der Waals surface area contributed by atoms with Gasteiger partial charge in [0.25, 0.3) is 0 Å². The Kier molecular flexibility index (Phi) is 2.18. The van der Waals surface area contributed by atoms with Crippen molar-refractivity contribution in [1.82, 2.24) is 5.32 Å². The first kappa shape index (κ1) is 10.2. The minimum absolute atomic E-state index is 0.657. The van der Waals surface area contributed by atoms with Crippen molar-refractivity contribution in [1.29, 1.82) is 0 Å². The van der Waals surface area contributed by atoms with Crippen LogP contribution in [0.15, 0.2) is 4.99 Å². The molecule has 3 nitrogen and oxygen atoms in total. The Morgan fingerprint density at radius 1 is 0.941 bits per heavy atom. The summed E-state index contributed by atoms with van der Waals surface area (Å²) in [5, 5.41) is 3.27. The highest BCUT2D eigenvalue weighted by Crippen LogP contribution is 2.58. The largest absolute Gasteiger partial charge is 0.370 e. The molecule has 1 unspecified atom stereocenters. The summed E-state index contributed by atoms with van der Waals surface area (Å²) in [4.78, 5) is 4.43. The first-order chi connectivity index (χ1) is 8.29. The summed E-state index contributed by atoms with van der Waals surface area (Å²) < 4.78 is 0. The summed E-state index contributed by atoms with van der Waals surface area (Å²) in [6.07, 6.45) is 7.63. The fourth-order valence-electron chi connectivity index (χ4n) is 5.57. The normalized spacial score (nSPS) is 52.1. The van der Waals surface area contributed by atoms with Gasteiger partial charge in [-0.25, -0.2) is 0 Å². The molecule has 4 aliphatic carbocycles. The standard InChI is InChI=1S/C14H23N3/c15-14-16-6-12(7-17-14)13-10-2-8-1-9(4-10)5-11(13)3-8/h8-13H,1-7H2,(H3,15,16,17). The molecule has 1 heterocycles. The van der Waals surface area contributed by atoms with Gasteiger partial charge in [-0.1, -0.05) is 0 Å². The molecule has 1 aliphatic heterocycles. The zero-order chi connectivity index (χ0) is 11.4. The molecule has 17 heavy (non-hydrogen) atoms. The molecule has 4 saturated carbocycles. The number of hydrogen-bond acceptors (Lipinski definition) is 3. The molecule has 0 radical (unpaired) electrons. The molecule has 3 N–H and O–H groups in total. The van der Waals surface area contributed by atoms with Crippen LogP contribution < -0.4 is 11.1 Å². The number of nitrogens with zero attached hydrogens (tertiary/aromatic N) is 1. The summed E-state index contributed by atoms with van der Waals surface area (Å²) in [6, 6.07) is 0. The third-order valence-corrected chi connectivity index (χ3v) is 5.89. The van der Waals surface area contributed by atoms with Gasteiger partial charge >= 0.3 is 0 Å². The zero-order valence-corrected chi connectivity index (χ0v) is 10.4. The van der Waals surface area contributed by atoms with Gasteiger partial charge in [0.05, 0.1) is 0 Å². The maximum atomic E-state index is 5.71. The Bertz CT molecular complexity index is 321. The van der Waals surface area contributed by atoms with E-state index in [1.54, 1.807) is 6.42 Å². The molecule has 0 amide bonds. The van der Waals surface area contributed by atoms with Crippen LogP contribution in [0.3, 0.4) is 0 Å². The van der Waals surface area contributed by atoms with Gasteiger partial charge in [0, 0.05) is 13.1 Å². The van der Waals surface area contributed by atoms with Crippen LogP contribution in [0.5, 0.6) is 0 Å². The summed E-state index contributed by atoms with van der Waals surface area (Å²) in [5.74, 6) is 6.58. The van der Waals surface area contributed by atoms with E-state index in [1.807, 2.05) is 0 Å². The van der Waals surface area contributed by atoms with Crippen molar-refractivity contribution in [2.45, 2.75) is 32.1 Å². The van der Waals surface area contributed by atoms with Gasteiger partial charge in [-0.15, -0.1) is 0 Å². The van der Waals surface area contributed by atoms with Crippen molar-refractivity contribution < 1.29 is 0 Å². The molecule has 0 aromatic carbocycles. The summed E-state index contributed by atoms with van der Waals surface area (Å²) in [7, 11) is 0. The number of guanidine groups is 1. The summed E-state index contributed by atoms with van der Waals surface area (Å²) in [5.41, 5.74) is 5.71. The Hall–Kier alpha value is -0.730. The smallest absolute Gasteiger partial charge is 0.188 e. The van der Waals surface area contributed by atoms with Gasteiger partial charge in [0.15, 0.2) is 5.96 Å². The van der Waals surface area contributed by atoms with Gasteiger partial charge < -0.3 is 11.1 Å². The second-order valence-electron chi connectivity index (χ2n) is 6.87. The van der Waals surface area contributed by atoms with Gasteiger partial charge in [-0.2, -0.15) is 0 Å². The second kappa shape index (κ2) is 3.63. The third kappa shape index (κ3) is 1.58. The predicted molar refractivity (Wildman–Crippen MR) is 68.5 cm³/mol. The average molecular weight is 233 g/mol. The average Bonchev–Trinajstić information content (AvgIpc) is 2.30. The lowest BCUT2D eigenvalue weighted by Gasteiger charge is -2.56. The highest BCUT2D eigenvalue weighted by molar-refractivity contribution is 5.78. The van der Waals surface area contributed by atoms with Crippen molar-refractivity contribution in [2.75, 3.05) is 13.1 Å². The van der Waals surface area contributed by atoms with Gasteiger partial charge in [0.1, 0.15) is 0 Å². The Labute approximate surface area is 103 Å². The highest BCUT2D eigenvalue weighted by Gasteiger charge is 2.50. The number of nitrogens with two attached hydrogens (primary N) is 1. The van der Waals surface area contributed by atoms with Crippen molar-refractivity contribution in [3.05, 3.63) is 0 Å². The van der Waals surface area contributed by atoms with Gasteiger partial charge in [0.2, 0.25) is 0 Å². The maximum absolute atomic E-state index is 5.71. The molecule has 0 aromatic heterocycles. The molecular weight excluding hydrogens is 210 g/mol.